The number of hydrogen-bond acceptors (Lipinski definition) is 2. The van der Waals surface area contributed by atoms with Crippen molar-refractivity contribution >= 4 is 11.6 Å². The summed E-state index contributed by atoms with van der Waals surface area (Å²) in [6.07, 6.45) is 0.130. The van der Waals surface area contributed by atoms with Gasteiger partial charge in [0.2, 0.25) is 5.91 Å². The Morgan fingerprint density at radius 3 is 2.57 bits per heavy atom. The molecule has 3 heteroatoms. The number of carbonyl (C=O) groups excluding carboxylic acids is 1. The van der Waals surface area contributed by atoms with Crippen LogP contribution < -0.4 is 5.32 Å². The molecule has 2 aromatic rings. The predicted octanol–water partition coefficient (Wildman–Crippen LogP) is 3.87. The number of aliphatic hydroxyl groups is 1. The maximum absolute atomic E-state index is 12.3. The summed E-state index contributed by atoms with van der Waals surface area (Å²) in [4.78, 5) is 12.3. The van der Waals surface area contributed by atoms with Crippen molar-refractivity contribution in [3.05, 3.63) is 64.2 Å². The van der Waals surface area contributed by atoms with Crippen LogP contribution in [0.15, 0.2) is 36.4 Å². The van der Waals surface area contributed by atoms with Crippen molar-refractivity contribution in [2.24, 2.45) is 0 Å². The van der Waals surface area contributed by atoms with Crippen molar-refractivity contribution in [1.29, 1.82) is 0 Å². The lowest BCUT2D eigenvalue weighted by Gasteiger charge is -2.20. The Labute approximate surface area is 137 Å². The number of nitrogens with one attached hydrogen (secondary N) is 1. The van der Waals surface area contributed by atoms with E-state index in [1.165, 1.54) is 0 Å². The van der Waals surface area contributed by atoms with Crippen molar-refractivity contribution in [2.75, 3.05) is 5.32 Å². The number of aryl methyl sites for hydroxylation is 2. The molecular formula is C20H23NO2. The average molecular weight is 309 g/mol. The van der Waals surface area contributed by atoms with E-state index < -0.39 is 11.5 Å². The fraction of sp³-hybridized carbons (Fsp3) is 0.350. The molecule has 2 aromatic carbocycles. The molecule has 23 heavy (non-hydrogen) atoms. The van der Waals surface area contributed by atoms with Crippen molar-refractivity contribution < 1.29 is 9.90 Å². The number of hydrogen-bond donors (Lipinski definition) is 2. The number of carbonyl (C=O) groups is 1. The van der Waals surface area contributed by atoms with Crippen LogP contribution in [0.25, 0.3) is 0 Å². The largest absolute Gasteiger partial charge is 0.384 e. The van der Waals surface area contributed by atoms with Crippen LogP contribution in [0.5, 0.6) is 0 Å². The van der Waals surface area contributed by atoms with Gasteiger partial charge in [0.15, 0.2) is 0 Å². The number of benzene rings is 2. The number of anilines is 1. The van der Waals surface area contributed by atoms with Crippen LogP contribution in [0.3, 0.4) is 0 Å². The first-order chi connectivity index (χ1) is 10.9. The SMILES string of the molecule is CCc1cc(C(O)c2ccccc2C)cc2c1NC(=O)C2(C)C. The molecule has 3 nitrogen and oxygen atoms in total. The molecule has 120 valence electrons. The van der Waals surface area contributed by atoms with E-state index in [1.54, 1.807) is 0 Å². The molecule has 1 amide bonds. The Bertz CT molecular complexity index is 777. The molecule has 1 heterocycles. The predicted molar refractivity (Wildman–Crippen MR) is 92.7 cm³/mol. The summed E-state index contributed by atoms with van der Waals surface area (Å²) in [5.74, 6) is 0.0183. The lowest BCUT2D eigenvalue weighted by atomic mass is 9.83. The first kappa shape index (κ1) is 15.8. The highest BCUT2D eigenvalue weighted by atomic mass is 16.3. The van der Waals surface area contributed by atoms with Crippen molar-refractivity contribution in [1.82, 2.24) is 0 Å². The van der Waals surface area contributed by atoms with E-state index in [0.29, 0.717) is 0 Å². The zero-order valence-corrected chi connectivity index (χ0v) is 14.1. The fourth-order valence-corrected chi connectivity index (χ4v) is 3.27. The molecule has 1 aliphatic heterocycles. The van der Waals surface area contributed by atoms with Gasteiger partial charge in [-0.1, -0.05) is 37.3 Å². The average Bonchev–Trinajstić information content (AvgIpc) is 2.76. The summed E-state index contributed by atoms with van der Waals surface area (Å²) in [7, 11) is 0. The molecule has 0 aliphatic carbocycles. The summed E-state index contributed by atoms with van der Waals surface area (Å²) >= 11 is 0. The third-order valence-corrected chi connectivity index (χ3v) is 4.90. The van der Waals surface area contributed by atoms with Gasteiger partial charge in [-0.15, -0.1) is 0 Å². The zero-order chi connectivity index (χ0) is 16.8. The zero-order valence-electron chi connectivity index (χ0n) is 14.1. The normalized spacial score (nSPS) is 16.8. The third kappa shape index (κ3) is 2.45. The number of amides is 1. The first-order valence-corrected chi connectivity index (χ1v) is 8.08. The number of fused-ring (bicyclic) bond motifs is 1. The van der Waals surface area contributed by atoms with Crippen LogP contribution >= 0.6 is 0 Å². The summed E-state index contributed by atoms with van der Waals surface area (Å²) < 4.78 is 0. The van der Waals surface area contributed by atoms with Crippen LogP contribution in [-0.4, -0.2) is 11.0 Å². The molecule has 0 spiro atoms. The van der Waals surface area contributed by atoms with E-state index in [0.717, 1.165) is 39.9 Å². The van der Waals surface area contributed by atoms with Crippen LogP contribution in [0.1, 0.15) is 54.7 Å². The molecule has 0 radical (unpaired) electrons. The highest BCUT2D eigenvalue weighted by Crippen LogP contribution is 2.42. The summed E-state index contributed by atoms with van der Waals surface area (Å²) in [5, 5.41) is 13.9. The van der Waals surface area contributed by atoms with Gasteiger partial charge in [-0.05, 0) is 61.1 Å². The molecule has 1 aliphatic rings. The topological polar surface area (TPSA) is 49.3 Å². The van der Waals surface area contributed by atoms with Crippen molar-refractivity contribution in [2.45, 2.75) is 45.6 Å². The van der Waals surface area contributed by atoms with E-state index in [1.807, 2.05) is 57.2 Å². The minimum absolute atomic E-state index is 0.0183. The van der Waals surface area contributed by atoms with Crippen molar-refractivity contribution in [3.63, 3.8) is 0 Å². The van der Waals surface area contributed by atoms with Gasteiger partial charge in [-0.2, -0.15) is 0 Å². The minimum Gasteiger partial charge on any atom is -0.384 e. The molecule has 0 bridgehead atoms. The second-order valence-corrected chi connectivity index (χ2v) is 6.79. The summed E-state index contributed by atoms with van der Waals surface area (Å²) in [5.41, 5.74) is 5.22. The maximum atomic E-state index is 12.3. The fourth-order valence-electron chi connectivity index (χ4n) is 3.27. The Kier molecular flexibility index (Phi) is 3.77. The molecule has 1 unspecified atom stereocenters. The summed E-state index contributed by atoms with van der Waals surface area (Å²) in [6.45, 7) is 7.92. The van der Waals surface area contributed by atoms with Gasteiger partial charge in [0.1, 0.15) is 6.10 Å². The highest BCUT2D eigenvalue weighted by molar-refractivity contribution is 6.06. The number of aliphatic hydroxyl groups excluding tert-OH is 1. The highest BCUT2D eigenvalue weighted by Gasteiger charge is 2.40. The Morgan fingerprint density at radius 1 is 1.22 bits per heavy atom. The standard InChI is InChI=1S/C20H23NO2/c1-5-13-10-14(18(22)15-9-7-6-8-12(15)2)11-16-17(13)21-19(23)20(16,3)4/h6-11,18,22H,5H2,1-4H3,(H,21,23). The van der Waals surface area contributed by atoms with Gasteiger partial charge in [0.05, 0.1) is 5.41 Å². The van der Waals surface area contributed by atoms with E-state index in [4.69, 9.17) is 0 Å². The van der Waals surface area contributed by atoms with Crippen LogP contribution in [0.2, 0.25) is 0 Å². The van der Waals surface area contributed by atoms with Gasteiger partial charge in [-0.25, -0.2) is 0 Å². The van der Waals surface area contributed by atoms with Gasteiger partial charge in [0.25, 0.3) is 0 Å². The van der Waals surface area contributed by atoms with E-state index in [2.05, 4.69) is 12.2 Å². The molecule has 0 fully saturated rings. The van der Waals surface area contributed by atoms with Gasteiger partial charge in [-0.3, -0.25) is 4.79 Å². The van der Waals surface area contributed by atoms with E-state index in [9.17, 15) is 9.90 Å². The smallest absolute Gasteiger partial charge is 0.234 e. The maximum Gasteiger partial charge on any atom is 0.234 e. The van der Waals surface area contributed by atoms with Gasteiger partial charge >= 0.3 is 0 Å². The minimum atomic E-state index is -0.682. The van der Waals surface area contributed by atoms with Gasteiger partial charge in [0, 0.05) is 5.69 Å². The molecule has 0 aromatic heterocycles. The lowest BCUT2D eigenvalue weighted by molar-refractivity contribution is -0.119. The lowest BCUT2D eigenvalue weighted by Crippen LogP contribution is -2.26. The van der Waals surface area contributed by atoms with E-state index >= 15 is 0 Å². The quantitative estimate of drug-likeness (QED) is 0.904. The van der Waals surface area contributed by atoms with Crippen LogP contribution in [-0.2, 0) is 16.6 Å². The van der Waals surface area contributed by atoms with Crippen molar-refractivity contribution in [3.8, 4) is 0 Å². The molecule has 0 saturated heterocycles. The molecular weight excluding hydrogens is 286 g/mol. The second-order valence-electron chi connectivity index (χ2n) is 6.79. The van der Waals surface area contributed by atoms with E-state index in [-0.39, 0.29) is 5.91 Å². The second kappa shape index (κ2) is 5.50. The number of rotatable bonds is 3. The van der Waals surface area contributed by atoms with Crippen LogP contribution in [0.4, 0.5) is 5.69 Å². The Morgan fingerprint density at radius 2 is 1.91 bits per heavy atom. The summed E-state index contributed by atoms with van der Waals surface area (Å²) in [6, 6.07) is 11.8. The first-order valence-electron chi connectivity index (χ1n) is 8.08. The van der Waals surface area contributed by atoms with Gasteiger partial charge < -0.3 is 10.4 Å². The Hall–Kier alpha value is -2.13. The third-order valence-electron chi connectivity index (χ3n) is 4.90. The van der Waals surface area contributed by atoms with Crippen LogP contribution in [0, 0.1) is 6.92 Å². The monoisotopic (exact) mass is 309 g/mol. The molecule has 0 saturated carbocycles. The molecule has 3 rings (SSSR count). The molecule has 2 N–H and O–H groups in total. The molecule has 1 atom stereocenters. The Balaban J connectivity index is 2.14.